The molecule has 2 N–H and O–H groups in total. The van der Waals surface area contributed by atoms with Gasteiger partial charge in [0.25, 0.3) is 0 Å². The highest BCUT2D eigenvalue weighted by molar-refractivity contribution is 7.89. The van der Waals surface area contributed by atoms with Crippen molar-refractivity contribution in [3.63, 3.8) is 0 Å². The lowest BCUT2D eigenvalue weighted by Crippen LogP contribution is -2.20. The number of hydrogen-bond donors (Lipinski definition) is 2. The van der Waals surface area contributed by atoms with E-state index < -0.39 is 10.0 Å². The topological polar surface area (TPSA) is 75.3 Å². The van der Waals surface area contributed by atoms with Gasteiger partial charge in [0, 0.05) is 12.6 Å². The van der Waals surface area contributed by atoms with Crippen LogP contribution in [0.1, 0.15) is 5.56 Å². The van der Waals surface area contributed by atoms with Crippen molar-refractivity contribution in [2.75, 3.05) is 13.6 Å². The van der Waals surface area contributed by atoms with Crippen LogP contribution in [0, 0.1) is 0 Å². The maximum Gasteiger partial charge on any atom is 0.244 e. The zero-order valence-electron chi connectivity index (χ0n) is 10.6. The van der Waals surface area contributed by atoms with Crippen LogP contribution in [0.25, 0.3) is 6.08 Å². The SMILES string of the molecule is C=CCNC(=O)/C=C/c1ccc(S(=O)(=O)NC)cc1. The number of carbonyl (C=O) groups is 1. The minimum atomic E-state index is -3.42. The molecule has 0 saturated heterocycles. The molecular formula is C13H16N2O3S. The van der Waals surface area contributed by atoms with Gasteiger partial charge in [-0.3, -0.25) is 4.79 Å². The van der Waals surface area contributed by atoms with Crippen LogP contribution in [-0.4, -0.2) is 27.9 Å². The van der Waals surface area contributed by atoms with Gasteiger partial charge in [0.1, 0.15) is 0 Å². The van der Waals surface area contributed by atoms with Crippen LogP contribution in [0.5, 0.6) is 0 Å². The molecule has 102 valence electrons. The van der Waals surface area contributed by atoms with Gasteiger partial charge >= 0.3 is 0 Å². The fraction of sp³-hybridized carbons (Fsp3) is 0.154. The first-order valence-electron chi connectivity index (χ1n) is 5.60. The second-order valence-corrected chi connectivity index (χ2v) is 5.53. The number of amides is 1. The highest BCUT2D eigenvalue weighted by Crippen LogP contribution is 2.11. The third kappa shape index (κ3) is 4.69. The van der Waals surface area contributed by atoms with E-state index in [2.05, 4.69) is 16.6 Å². The highest BCUT2D eigenvalue weighted by Gasteiger charge is 2.09. The van der Waals surface area contributed by atoms with Gasteiger partial charge in [0.15, 0.2) is 0 Å². The normalized spacial score (nSPS) is 11.4. The van der Waals surface area contributed by atoms with E-state index in [0.717, 1.165) is 5.56 Å². The van der Waals surface area contributed by atoms with Gasteiger partial charge in [0.2, 0.25) is 15.9 Å². The summed E-state index contributed by atoms with van der Waals surface area (Å²) in [4.78, 5) is 11.5. The van der Waals surface area contributed by atoms with Gasteiger partial charge in [0.05, 0.1) is 4.90 Å². The average molecular weight is 280 g/mol. The molecule has 0 atom stereocenters. The number of nitrogens with one attached hydrogen (secondary N) is 2. The molecule has 0 bridgehead atoms. The van der Waals surface area contributed by atoms with Crippen LogP contribution < -0.4 is 10.0 Å². The fourth-order valence-electron chi connectivity index (χ4n) is 1.28. The third-order valence-electron chi connectivity index (χ3n) is 2.31. The average Bonchev–Trinajstić information content (AvgIpc) is 2.43. The summed E-state index contributed by atoms with van der Waals surface area (Å²) in [6.07, 6.45) is 4.57. The Morgan fingerprint density at radius 3 is 2.47 bits per heavy atom. The number of hydrogen-bond acceptors (Lipinski definition) is 3. The van der Waals surface area contributed by atoms with Crippen molar-refractivity contribution in [3.05, 3.63) is 48.6 Å². The Balaban J connectivity index is 2.75. The van der Waals surface area contributed by atoms with Crippen molar-refractivity contribution in [2.24, 2.45) is 0 Å². The molecule has 19 heavy (non-hydrogen) atoms. The molecule has 0 aliphatic carbocycles. The van der Waals surface area contributed by atoms with Gasteiger partial charge in [-0.1, -0.05) is 18.2 Å². The van der Waals surface area contributed by atoms with E-state index in [1.54, 1.807) is 24.3 Å². The first-order valence-corrected chi connectivity index (χ1v) is 7.08. The van der Waals surface area contributed by atoms with Crippen molar-refractivity contribution in [1.82, 2.24) is 10.0 Å². The summed E-state index contributed by atoms with van der Waals surface area (Å²) in [6, 6.07) is 6.21. The minimum absolute atomic E-state index is 0.184. The first kappa shape index (κ1) is 15.1. The monoisotopic (exact) mass is 280 g/mol. The predicted octanol–water partition coefficient (Wildman–Crippen LogP) is 0.910. The Morgan fingerprint density at radius 2 is 1.95 bits per heavy atom. The molecule has 0 unspecified atom stereocenters. The van der Waals surface area contributed by atoms with Crippen LogP contribution in [0.3, 0.4) is 0 Å². The summed E-state index contributed by atoms with van der Waals surface area (Å²) in [5.41, 5.74) is 0.740. The van der Waals surface area contributed by atoms with Crippen molar-refractivity contribution in [2.45, 2.75) is 4.90 Å². The van der Waals surface area contributed by atoms with E-state index >= 15 is 0 Å². The molecule has 6 heteroatoms. The van der Waals surface area contributed by atoms with E-state index in [1.165, 1.54) is 25.3 Å². The summed E-state index contributed by atoms with van der Waals surface area (Å²) >= 11 is 0. The smallest absolute Gasteiger partial charge is 0.244 e. The largest absolute Gasteiger partial charge is 0.349 e. The van der Waals surface area contributed by atoms with Gasteiger partial charge < -0.3 is 5.32 Å². The second-order valence-electron chi connectivity index (χ2n) is 3.64. The third-order valence-corrected chi connectivity index (χ3v) is 3.74. The van der Waals surface area contributed by atoms with E-state index in [4.69, 9.17) is 0 Å². The van der Waals surface area contributed by atoms with Gasteiger partial charge in [-0.05, 0) is 30.8 Å². The molecule has 0 heterocycles. The lowest BCUT2D eigenvalue weighted by molar-refractivity contribution is -0.116. The standard InChI is InChI=1S/C13H16N2O3S/c1-3-10-15-13(16)9-6-11-4-7-12(8-5-11)19(17,18)14-2/h3-9,14H,1,10H2,2H3,(H,15,16)/b9-6+. The molecule has 1 aromatic carbocycles. The van der Waals surface area contributed by atoms with Crippen molar-refractivity contribution in [1.29, 1.82) is 0 Å². The molecular weight excluding hydrogens is 264 g/mol. The summed E-state index contributed by atoms with van der Waals surface area (Å²) in [6.45, 7) is 3.90. The Morgan fingerprint density at radius 1 is 1.32 bits per heavy atom. The molecule has 0 fully saturated rings. The van der Waals surface area contributed by atoms with Crippen LogP contribution in [0.15, 0.2) is 47.9 Å². The Kier molecular flexibility index (Phi) is 5.47. The lowest BCUT2D eigenvalue weighted by Gasteiger charge is -2.02. The van der Waals surface area contributed by atoms with Crippen molar-refractivity contribution < 1.29 is 13.2 Å². The van der Waals surface area contributed by atoms with E-state index in [-0.39, 0.29) is 10.8 Å². The maximum absolute atomic E-state index is 11.5. The van der Waals surface area contributed by atoms with Gasteiger partial charge in [-0.15, -0.1) is 6.58 Å². The molecule has 0 aliphatic rings. The Hall–Kier alpha value is -1.92. The van der Waals surface area contributed by atoms with Crippen LogP contribution in [0.2, 0.25) is 0 Å². The van der Waals surface area contributed by atoms with E-state index in [0.29, 0.717) is 6.54 Å². The maximum atomic E-state index is 11.5. The predicted molar refractivity (Wildman–Crippen MR) is 74.9 cm³/mol. The number of benzene rings is 1. The minimum Gasteiger partial charge on any atom is -0.349 e. The zero-order chi connectivity index (χ0) is 14.3. The fourth-order valence-corrected chi connectivity index (χ4v) is 2.01. The van der Waals surface area contributed by atoms with E-state index in [1.807, 2.05) is 0 Å². The lowest BCUT2D eigenvalue weighted by atomic mass is 10.2. The Bertz CT molecular complexity index is 574. The van der Waals surface area contributed by atoms with Crippen LogP contribution in [-0.2, 0) is 14.8 Å². The van der Waals surface area contributed by atoms with Crippen molar-refractivity contribution >= 4 is 22.0 Å². The number of carbonyl (C=O) groups excluding carboxylic acids is 1. The summed E-state index contributed by atoms with van der Waals surface area (Å²) < 4.78 is 25.2. The van der Waals surface area contributed by atoms with Crippen molar-refractivity contribution in [3.8, 4) is 0 Å². The molecule has 0 saturated carbocycles. The Labute approximate surface area is 113 Å². The van der Waals surface area contributed by atoms with Gasteiger partial charge in [-0.2, -0.15) is 0 Å². The first-order chi connectivity index (χ1) is 8.99. The quantitative estimate of drug-likeness (QED) is 0.601. The zero-order valence-corrected chi connectivity index (χ0v) is 11.4. The molecule has 1 amide bonds. The van der Waals surface area contributed by atoms with Crippen LogP contribution >= 0.6 is 0 Å². The summed E-state index contributed by atoms with van der Waals surface area (Å²) in [5.74, 6) is -0.230. The van der Waals surface area contributed by atoms with Gasteiger partial charge in [-0.25, -0.2) is 13.1 Å². The summed E-state index contributed by atoms with van der Waals surface area (Å²) in [5, 5.41) is 2.60. The molecule has 5 nitrogen and oxygen atoms in total. The highest BCUT2D eigenvalue weighted by atomic mass is 32.2. The summed E-state index contributed by atoms with van der Waals surface area (Å²) in [7, 11) is -2.07. The van der Waals surface area contributed by atoms with E-state index in [9.17, 15) is 13.2 Å². The number of rotatable bonds is 6. The number of sulfonamides is 1. The second kappa shape index (κ2) is 6.86. The van der Waals surface area contributed by atoms with Crippen LogP contribution in [0.4, 0.5) is 0 Å². The molecule has 0 radical (unpaired) electrons. The molecule has 0 aromatic heterocycles. The molecule has 0 spiro atoms. The molecule has 1 aromatic rings. The molecule has 1 rings (SSSR count). The molecule has 0 aliphatic heterocycles.